The Morgan fingerprint density at radius 1 is 1.21 bits per heavy atom. The number of hydrogen-bond donors (Lipinski definition) is 2. The molecule has 0 amide bonds. The summed E-state index contributed by atoms with van der Waals surface area (Å²) in [5.74, 6) is -3.65. The molecule has 0 unspecified atom stereocenters. The largest absolute Gasteiger partial charge is 0.473 e. The zero-order valence-corrected chi connectivity index (χ0v) is 7.89. The van der Waals surface area contributed by atoms with Crippen molar-refractivity contribution in [2.24, 2.45) is 0 Å². The molecule has 0 spiro atoms. The van der Waals surface area contributed by atoms with Crippen molar-refractivity contribution >= 4 is 11.9 Å². The third kappa shape index (κ3) is 4.87. The lowest BCUT2D eigenvalue weighted by Crippen LogP contribution is -2.09. The van der Waals surface area contributed by atoms with E-state index < -0.39 is 11.9 Å². The summed E-state index contributed by atoms with van der Waals surface area (Å²) in [6.07, 6.45) is 1.81. The molecule has 2 N–H and O–H groups in total. The van der Waals surface area contributed by atoms with Gasteiger partial charge in [-0.3, -0.25) is 4.98 Å². The van der Waals surface area contributed by atoms with Gasteiger partial charge in [-0.15, -0.1) is 0 Å². The SMILES string of the molecule is Cc1cccnc1C.O=C(O)C(=O)O. The van der Waals surface area contributed by atoms with Gasteiger partial charge >= 0.3 is 11.9 Å². The minimum absolute atomic E-state index is 1.12. The molecule has 1 rings (SSSR count). The number of carboxylic acid groups (broad SMARTS) is 2. The van der Waals surface area contributed by atoms with E-state index in [0.29, 0.717) is 0 Å². The lowest BCUT2D eigenvalue weighted by atomic mass is 10.2. The van der Waals surface area contributed by atoms with Crippen molar-refractivity contribution in [1.29, 1.82) is 0 Å². The van der Waals surface area contributed by atoms with Crippen LogP contribution in [0.3, 0.4) is 0 Å². The summed E-state index contributed by atoms with van der Waals surface area (Å²) in [4.78, 5) is 22.3. The third-order valence-electron chi connectivity index (χ3n) is 1.45. The van der Waals surface area contributed by atoms with Gasteiger partial charge in [-0.1, -0.05) is 6.07 Å². The molecule has 0 radical (unpaired) electrons. The van der Waals surface area contributed by atoms with Crippen molar-refractivity contribution in [3.05, 3.63) is 29.6 Å². The molecule has 14 heavy (non-hydrogen) atoms. The van der Waals surface area contributed by atoms with Crippen LogP contribution in [0.25, 0.3) is 0 Å². The summed E-state index contributed by atoms with van der Waals surface area (Å²) in [5, 5.41) is 14.8. The minimum atomic E-state index is -1.82. The van der Waals surface area contributed by atoms with Gasteiger partial charge in [-0.2, -0.15) is 0 Å². The van der Waals surface area contributed by atoms with Gasteiger partial charge in [0.05, 0.1) is 0 Å². The Kier molecular flexibility index (Phi) is 4.91. The van der Waals surface area contributed by atoms with E-state index in [2.05, 4.69) is 18.0 Å². The average Bonchev–Trinajstić information content (AvgIpc) is 2.11. The summed E-state index contributed by atoms with van der Waals surface area (Å²) in [7, 11) is 0. The highest BCUT2D eigenvalue weighted by Crippen LogP contribution is 1.98. The fraction of sp³-hybridized carbons (Fsp3) is 0.222. The van der Waals surface area contributed by atoms with Crippen molar-refractivity contribution in [3.63, 3.8) is 0 Å². The average molecular weight is 197 g/mol. The first-order chi connectivity index (χ1) is 6.45. The molecule has 0 bridgehead atoms. The summed E-state index contributed by atoms with van der Waals surface area (Å²) >= 11 is 0. The van der Waals surface area contributed by atoms with E-state index in [0.717, 1.165) is 5.69 Å². The van der Waals surface area contributed by atoms with E-state index in [9.17, 15) is 0 Å². The van der Waals surface area contributed by atoms with Gasteiger partial charge in [0.2, 0.25) is 0 Å². The number of carbonyl (C=O) groups is 2. The Labute approximate surface area is 81.0 Å². The lowest BCUT2D eigenvalue weighted by Gasteiger charge is -1.92. The van der Waals surface area contributed by atoms with Gasteiger partial charge in [0.25, 0.3) is 0 Å². The van der Waals surface area contributed by atoms with Crippen LogP contribution in [0, 0.1) is 13.8 Å². The number of carboxylic acids is 2. The standard InChI is InChI=1S/C7H9N.C2H2O4/c1-6-4-3-5-8-7(6)2;3-1(4)2(5)6/h3-5H,1-2H3;(H,3,4)(H,5,6). The lowest BCUT2D eigenvalue weighted by molar-refractivity contribution is -0.159. The molecule has 0 saturated carbocycles. The first kappa shape index (κ1) is 12.1. The van der Waals surface area contributed by atoms with Gasteiger partial charge in [0.1, 0.15) is 0 Å². The number of hydrogen-bond acceptors (Lipinski definition) is 3. The molecule has 76 valence electrons. The Bertz CT molecular complexity index is 302. The number of aliphatic carboxylic acids is 2. The van der Waals surface area contributed by atoms with Crippen LogP contribution in [0.15, 0.2) is 18.3 Å². The zero-order chi connectivity index (χ0) is 11.1. The van der Waals surface area contributed by atoms with Gasteiger partial charge in [-0.05, 0) is 25.5 Å². The van der Waals surface area contributed by atoms with Crippen molar-refractivity contribution in [3.8, 4) is 0 Å². The highest BCUT2D eigenvalue weighted by Gasteiger charge is 2.04. The summed E-state index contributed by atoms with van der Waals surface area (Å²) in [5.41, 5.74) is 2.38. The Hall–Kier alpha value is -1.91. The van der Waals surface area contributed by atoms with Crippen LogP contribution in [-0.2, 0) is 9.59 Å². The maximum absolute atomic E-state index is 9.10. The zero-order valence-electron chi connectivity index (χ0n) is 7.89. The Morgan fingerprint density at radius 3 is 1.93 bits per heavy atom. The molecule has 0 aliphatic carbocycles. The number of aryl methyl sites for hydroxylation is 2. The topological polar surface area (TPSA) is 87.5 Å². The molecule has 0 aliphatic rings. The molecule has 1 aromatic rings. The smallest absolute Gasteiger partial charge is 0.414 e. The second-order valence-corrected chi connectivity index (χ2v) is 2.52. The maximum Gasteiger partial charge on any atom is 0.414 e. The molecular weight excluding hydrogens is 186 g/mol. The molecule has 0 aliphatic heterocycles. The second-order valence-electron chi connectivity index (χ2n) is 2.52. The van der Waals surface area contributed by atoms with Crippen LogP contribution in [0.4, 0.5) is 0 Å². The van der Waals surface area contributed by atoms with Crippen LogP contribution in [-0.4, -0.2) is 27.1 Å². The monoisotopic (exact) mass is 197 g/mol. The first-order valence-electron chi connectivity index (χ1n) is 3.79. The molecule has 0 atom stereocenters. The molecule has 5 heteroatoms. The Morgan fingerprint density at radius 2 is 1.71 bits per heavy atom. The molecule has 1 heterocycles. The first-order valence-corrected chi connectivity index (χ1v) is 3.79. The van der Waals surface area contributed by atoms with E-state index in [-0.39, 0.29) is 0 Å². The predicted molar refractivity (Wildman–Crippen MR) is 49.0 cm³/mol. The minimum Gasteiger partial charge on any atom is -0.473 e. The van der Waals surface area contributed by atoms with Gasteiger partial charge < -0.3 is 10.2 Å². The van der Waals surface area contributed by atoms with E-state index in [1.807, 2.05) is 19.2 Å². The van der Waals surface area contributed by atoms with Crippen LogP contribution >= 0.6 is 0 Å². The molecule has 1 aromatic heterocycles. The van der Waals surface area contributed by atoms with Gasteiger partial charge in [-0.25, -0.2) is 9.59 Å². The molecule has 5 nitrogen and oxygen atoms in total. The van der Waals surface area contributed by atoms with E-state index in [1.54, 1.807) is 0 Å². The molecular formula is C9H11NO4. The summed E-state index contributed by atoms with van der Waals surface area (Å²) in [6, 6.07) is 4.00. The van der Waals surface area contributed by atoms with Crippen molar-refractivity contribution in [2.75, 3.05) is 0 Å². The summed E-state index contributed by atoms with van der Waals surface area (Å²) in [6.45, 7) is 4.07. The highest BCUT2D eigenvalue weighted by atomic mass is 16.4. The second kappa shape index (κ2) is 5.69. The van der Waals surface area contributed by atoms with E-state index >= 15 is 0 Å². The fourth-order valence-electron chi connectivity index (χ4n) is 0.565. The number of pyridine rings is 1. The van der Waals surface area contributed by atoms with Crippen LogP contribution < -0.4 is 0 Å². The quantitative estimate of drug-likeness (QED) is 0.602. The maximum atomic E-state index is 9.10. The Balaban J connectivity index is 0.000000255. The van der Waals surface area contributed by atoms with Crippen molar-refractivity contribution < 1.29 is 19.8 Å². The van der Waals surface area contributed by atoms with Gasteiger partial charge in [0.15, 0.2) is 0 Å². The van der Waals surface area contributed by atoms with Gasteiger partial charge in [0, 0.05) is 11.9 Å². The van der Waals surface area contributed by atoms with Crippen LogP contribution in [0.2, 0.25) is 0 Å². The highest BCUT2D eigenvalue weighted by molar-refractivity contribution is 6.27. The number of nitrogens with zero attached hydrogens (tertiary/aromatic N) is 1. The molecule has 0 fully saturated rings. The van der Waals surface area contributed by atoms with E-state index in [1.165, 1.54) is 5.56 Å². The third-order valence-corrected chi connectivity index (χ3v) is 1.45. The van der Waals surface area contributed by atoms with Crippen LogP contribution in [0.1, 0.15) is 11.3 Å². The number of rotatable bonds is 0. The van der Waals surface area contributed by atoms with Crippen molar-refractivity contribution in [1.82, 2.24) is 4.98 Å². The van der Waals surface area contributed by atoms with Crippen LogP contribution in [0.5, 0.6) is 0 Å². The summed E-state index contributed by atoms with van der Waals surface area (Å²) < 4.78 is 0. The van der Waals surface area contributed by atoms with E-state index in [4.69, 9.17) is 19.8 Å². The van der Waals surface area contributed by atoms with Crippen molar-refractivity contribution in [2.45, 2.75) is 13.8 Å². The fourth-order valence-corrected chi connectivity index (χ4v) is 0.565. The number of aromatic nitrogens is 1. The molecule has 0 saturated heterocycles. The normalized spacial score (nSPS) is 8.43. The molecule has 0 aromatic carbocycles. The predicted octanol–water partition coefficient (Wildman–Crippen LogP) is 0.854.